The maximum absolute atomic E-state index is 4.37. The SMILES string of the molecule is Cc1ccc(C2=CCC3CCNC23)cn1. The molecule has 1 aromatic rings. The summed E-state index contributed by atoms with van der Waals surface area (Å²) in [6.07, 6.45) is 6.95. The van der Waals surface area contributed by atoms with E-state index in [-0.39, 0.29) is 0 Å². The number of nitrogens with one attached hydrogen (secondary N) is 1. The molecule has 1 saturated heterocycles. The lowest BCUT2D eigenvalue weighted by Crippen LogP contribution is -2.24. The minimum Gasteiger partial charge on any atom is -0.310 e. The Hall–Kier alpha value is -1.15. The molecule has 0 saturated carbocycles. The molecular weight excluding hydrogens is 184 g/mol. The van der Waals surface area contributed by atoms with Gasteiger partial charge in [0.1, 0.15) is 0 Å². The summed E-state index contributed by atoms with van der Waals surface area (Å²) < 4.78 is 0. The molecule has 2 aliphatic rings. The molecule has 0 amide bonds. The van der Waals surface area contributed by atoms with Crippen LogP contribution in [0.25, 0.3) is 5.57 Å². The van der Waals surface area contributed by atoms with E-state index >= 15 is 0 Å². The highest BCUT2D eigenvalue weighted by Crippen LogP contribution is 2.37. The molecule has 2 nitrogen and oxygen atoms in total. The first-order valence-corrected chi connectivity index (χ1v) is 5.71. The summed E-state index contributed by atoms with van der Waals surface area (Å²) in [7, 11) is 0. The van der Waals surface area contributed by atoms with E-state index in [2.05, 4.69) is 28.5 Å². The second kappa shape index (κ2) is 3.46. The molecule has 0 radical (unpaired) electrons. The van der Waals surface area contributed by atoms with Crippen molar-refractivity contribution in [2.24, 2.45) is 5.92 Å². The molecule has 1 aliphatic heterocycles. The Kier molecular flexibility index (Phi) is 2.10. The van der Waals surface area contributed by atoms with Crippen LogP contribution in [0.15, 0.2) is 24.4 Å². The molecule has 15 heavy (non-hydrogen) atoms. The zero-order valence-electron chi connectivity index (χ0n) is 9.03. The van der Waals surface area contributed by atoms with Crippen LogP contribution in [0.3, 0.4) is 0 Å². The lowest BCUT2D eigenvalue weighted by molar-refractivity contribution is 0.557. The lowest BCUT2D eigenvalue weighted by atomic mass is 9.97. The Morgan fingerprint density at radius 3 is 3.13 bits per heavy atom. The molecule has 78 valence electrons. The van der Waals surface area contributed by atoms with Gasteiger partial charge in [-0.3, -0.25) is 4.98 Å². The van der Waals surface area contributed by atoms with Gasteiger partial charge in [-0.05, 0) is 49.4 Å². The first-order chi connectivity index (χ1) is 7.34. The lowest BCUT2D eigenvalue weighted by Gasteiger charge is -2.14. The Labute approximate surface area is 90.4 Å². The van der Waals surface area contributed by atoms with Crippen LogP contribution in [0, 0.1) is 12.8 Å². The summed E-state index contributed by atoms with van der Waals surface area (Å²) in [5.74, 6) is 0.835. The van der Waals surface area contributed by atoms with Crippen molar-refractivity contribution < 1.29 is 0 Å². The first-order valence-electron chi connectivity index (χ1n) is 5.71. The average Bonchev–Trinajstić information content (AvgIpc) is 2.80. The zero-order valence-corrected chi connectivity index (χ0v) is 9.03. The standard InChI is InChI=1S/C13H16N2/c1-9-2-3-11(8-15-9)12-5-4-10-6-7-14-13(10)12/h2-3,5,8,10,13-14H,4,6-7H2,1H3. The van der Waals surface area contributed by atoms with E-state index in [0.29, 0.717) is 6.04 Å². The van der Waals surface area contributed by atoms with Gasteiger partial charge in [0.2, 0.25) is 0 Å². The van der Waals surface area contributed by atoms with Crippen molar-refractivity contribution in [3.63, 3.8) is 0 Å². The molecule has 3 rings (SSSR count). The number of nitrogens with zero attached hydrogens (tertiary/aromatic N) is 1. The second-order valence-corrected chi connectivity index (χ2v) is 4.56. The van der Waals surface area contributed by atoms with E-state index in [0.717, 1.165) is 11.6 Å². The number of hydrogen-bond acceptors (Lipinski definition) is 2. The third kappa shape index (κ3) is 1.49. The molecule has 1 aromatic heterocycles. The predicted molar refractivity (Wildman–Crippen MR) is 61.5 cm³/mol. The Morgan fingerprint density at radius 2 is 2.33 bits per heavy atom. The molecule has 2 heteroatoms. The monoisotopic (exact) mass is 200 g/mol. The second-order valence-electron chi connectivity index (χ2n) is 4.56. The zero-order chi connectivity index (χ0) is 10.3. The van der Waals surface area contributed by atoms with Crippen molar-refractivity contribution in [3.8, 4) is 0 Å². The van der Waals surface area contributed by atoms with Crippen molar-refractivity contribution in [1.29, 1.82) is 0 Å². The van der Waals surface area contributed by atoms with Crippen LogP contribution in [-0.2, 0) is 0 Å². The maximum Gasteiger partial charge on any atom is 0.0373 e. The Morgan fingerprint density at radius 1 is 1.40 bits per heavy atom. The van der Waals surface area contributed by atoms with E-state index < -0.39 is 0 Å². The molecule has 2 heterocycles. The van der Waals surface area contributed by atoms with E-state index in [1.165, 1.54) is 30.5 Å². The van der Waals surface area contributed by atoms with Crippen LogP contribution in [0.2, 0.25) is 0 Å². The maximum atomic E-state index is 4.37. The van der Waals surface area contributed by atoms with Gasteiger partial charge in [-0.15, -0.1) is 0 Å². The fraction of sp³-hybridized carbons (Fsp3) is 0.462. The minimum absolute atomic E-state index is 0.592. The third-order valence-corrected chi connectivity index (χ3v) is 3.57. The van der Waals surface area contributed by atoms with Gasteiger partial charge in [0, 0.05) is 17.9 Å². The molecule has 1 aliphatic carbocycles. The molecule has 0 bridgehead atoms. The highest BCUT2D eigenvalue weighted by Gasteiger charge is 2.33. The number of fused-ring (bicyclic) bond motifs is 1. The van der Waals surface area contributed by atoms with E-state index in [1.54, 1.807) is 0 Å². The number of aryl methyl sites for hydroxylation is 1. The van der Waals surface area contributed by atoms with Crippen molar-refractivity contribution in [3.05, 3.63) is 35.7 Å². The van der Waals surface area contributed by atoms with Crippen LogP contribution in [0.1, 0.15) is 24.1 Å². The fourth-order valence-corrected chi connectivity index (χ4v) is 2.72. The van der Waals surface area contributed by atoms with Crippen LogP contribution < -0.4 is 5.32 Å². The van der Waals surface area contributed by atoms with E-state index in [4.69, 9.17) is 0 Å². The van der Waals surface area contributed by atoms with Crippen molar-refractivity contribution >= 4 is 5.57 Å². The Bertz CT molecular complexity index is 392. The topological polar surface area (TPSA) is 24.9 Å². The van der Waals surface area contributed by atoms with Gasteiger partial charge in [0.25, 0.3) is 0 Å². The van der Waals surface area contributed by atoms with Gasteiger partial charge in [0.05, 0.1) is 0 Å². The van der Waals surface area contributed by atoms with Crippen molar-refractivity contribution in [1.82, 2.24) is 10.3 Å². The summed E-state index contributed by atoms with van der Waals surface area (Å²) in [6, 6.07) is 4.88. The predicted octanol–water partition coefficient (Wildman–Crippen LogP) is 2.16. The van der Waals surface area contributed by atoms with Crippen LogP contribution in [-0.4, -0.2) is 17.6 Å². The van der Waals surface area contributed by atoms with Crippen LogP contribution >= 0.6 is 0 Å². The van der Waals surface area contributed by atoms with Crippen LogP contribution in [0.4, 0.5) is 0 Å². The number of allylic oxidation sites excluding steroid dienone is 1. The molecule has 1 fully saturated rings. The van der Waals surface area contributed by atoms with Gasteiger partial charge in [0.15, 0.2) is 0 Å². The Balaban J connectivity index is 1.91. The molecule has 0 spiro atoms. The van der Waals surface area contributed by atoms with Crippen molar-refractivity contribution in [2.45, 2.75) is 25.8 Å². The fourth-order valence-electron chi connectivity index (χ4n) is 2.72. The highest BCUT2D eigenvalue weighted by molar-refractivity contribution is 5.72. The molecule has 1 N–H and O–H groups in total. The summed E-state index contributed by atoms with van der Waals surface area (Å²) in [4.78, 5) is 4.37. The van der Waals surface area contributed by atoms with E-state index in [9.17, 15) is 0 Å². The number of rotatable bonds is 1. The van der Waals surface area contributed by atoms with Crippen LogP contribution in [0.5, 0.6) is 0 Å². The molecule has 2 unspecified atom stereocenters. The molecular formula is C13H16N2. The normalized spacial score (nSPS) is 29.0. The first kappa shape index (κ1) is 9.10. The summed E-state index contributed by atoms with van der Waals surface area (Å²) >= 11 is 0. The smallest absolute Gasteiger partial charge is 0.0373 e. The number of aromatic nitrogens is 1. The summed E-state index contributed by atoms with van der Waals surface area (Å²) in [5, 5.41) is 3.59. The van der Waals surface area contributed by atoms with Crippen molar-refractivity contribution in [2.75, 3.05) is 6.54 Å². The van der Waals surface area contributed by atoms with Gasteiger partial charge in [-0.25, -0.2) is 0 Å². The average molecular weight is 200 g/mol. The summed E-state index contributed by atoms with van der Waals surface area (Å²) in [6.45, 7) is 3.20. The van der Waals surface area contributed by atoms with Gasteiger partial charge in [-0.2, -0.15) is 0 Å². The quantitative estimate of drug-likeness (QED) is 0.751. The van der Waals surface area contributed by atoms with Gasteiger partial charge < -0.3 is 5.32 Å². The minimum atomic E-state index is 0.592. The van der Waals surface area contributed by atoms with Gasteiger partial charge in [-0.1, -0.05) is 12.1 Å². The number of hydrogen-bond donors (Lipinski definition) is 1. The summed E-state index contributed by atoms with van der Waals surface area (Å²) in [5.41, 5.74) is 3.85. The largest absolute Gasteiger partial charge is 0.310 e. The third-order valence-electron chi connectivity index (χ3n) is 3.57. The van der Waals surface area contributed by atoms with E-state index in [1.807, 2.05) is 13.1 Å². The molecule has 2 atom stereocenters. The molecule has 0 aromatic carbocycles. The highest BCUT2D eigenvalue weighted by atomic mass is 15.0. The number of pyridine rings is 1. The van der Waals surface area contributed by atoms with Gasteiger partial charge >= 0.3 is 0 Å².